The van der Waals surface area contributed by atoms with Gasteiger partial charge in [0.15, 0.2) is 0 Å². The fourth-order valence-electron chi connectivity index (χ4n) is 2.26. The molecule has 28 heavy (non-hydrogen) atoms. The molecule has 4 N–H and O–H groups in total. The average Bonchev–Trinajstić information content (AvgIpc) is 3.13. The van der Waals surface area contributed by atoms with E-state index in [2.05, 4.69) is 31.3 Å². The summed E-state index contributed by atoms with van der Waals surface area (Å²) in [4.78, 5) is 18.2. The first kappa shape index (κ1) is 23.2. The Balaban J connectivity index is 0.000000568. The van der Waals surface area contributed by atoms with Gasteiger partial charge in [0.05, 0.1) is 12.8 Å². The molecule has 8 nitrogen and oxygen atoms in total. The molecule has 0 aliphatic carbocycles. The van der Waals surface area contributed by atoms with Crippen LogP contribution in [0.3, 0.4) is 0 Å². The summed E-state index contributed by atoms with van der Waals surface area (Å²) in [6.45, 7) is 7.65. The zero-order valence-corrected chi connectivity index (χ0v) is 16.2. The summed E-state index contributed by atoms with van der Waals surface area (Å²) in [5.74, 6) is -1.54. The minimum atomic E-state index is -1.82. The molecule has 154 valence electrons. The molecule has 8 heteroatoms. The summed E-state index contributed by atoms with van der Waals surface area (Å²) in [6, 6.07) is 9.96. The van der Waals surface area contributed by atoms with Gasteiger partial charge in [-0.05, 0) is 42.2 Å². The summed E-state index contributed by atoms with van der Waals surface area (Å²) < 4.78 is 11.0. The van der Waals surface area contributed by atoms with E-state index in [1.165, 1.54) is 5.56 Å². The minimum Gasteiger partial charge on any atom is -0.491 e. The summed E-state index contributed by atoms with van der Waals surface area (Å²) in [7, 11) is 0. The summed E-state index contributed by atoms with van der Waals surface area (Å²) >= 11 is 0. The Morgan fingerprint density at radius 1 is 1.18 bits per heavy atom. The van der Waals surface area contributed by atoms with Crippen molar-refractivity contribution in [2.45, 2.75) is 39.3 Å². The number of nitrogens with one attached hydrogen (secondary N) is 1. The molecule has 1 atom stereocenters. The maximum absolute atomic E-state index is 10.0. The van der Waals surface area contributed by atoms with Crippen LogP contribution in [-0.4, -0.2) is 46.5 Å². The molecule has 1 heterocycles. The number of benzene rings is 1. The van der Waals surface area contributed by atoms with Crippen LogP contribution < -0.4 is 10.1 Å². The summed E-state index contributed by atoms with van der Waals surface area (Å²) in [6.07, 6.45) is 1.08. The van der Waals surface area contributed by atoms with Gasteiger partial charge in [0.25, 0.3) is 0 Å². The van der Waals surface area contributed by atoms with Crippen LogP contribution in [0.5, 0.6) is 5.75 Å². The van der Waals surface area contributed by atoms with Gasteiger partial charge in [-0.3, -0.25) is 0 Å². The maximum Gasteiger partial charge on any atom is 0.414 e. The molecule has 0 amide bonds. The molecular formula is C20H27NO7. The highest BCUT2D eigenvalue weighted by atomic mass is 16.5. The van der Waals surface area contributed by atoms with E-state index < -0.39 is 18.0 Å². The first-order chi connectivity index (χ1) is 13.2. The third-order valence-corrected chi connectivity index (χ3v) is 3.66. The molecule has 0 saturated heterocycles. The number of hydrogen-bond donors (Lipinski definition) is 4. The molecule has 0 aliphatic rings. The number of carbonyl (C=O) groups is 2. The van der Waals surface area contributed by atoms with Gasteiger partial charge in [-0.1, -0.05) is 26.0 Å². The number of rotatable bonds is 8. The smallest absolute Gasteiger partial charge is 0.414 e. The Labute approximate surface area is 163 Å². The van der Waals surface area contributed by atoms with E-state index >= 15 is 0 Å². The highest BCUT2D eigenvalue weighted by Gasteiger charge is 2.11. The predicted octanol–water partition coefficient (Wildman–Crippen LogP) is 2.40. The maximum atomic E-state index is 10.0. The monoisotopic (exact) mass is 393 g/mol. The molecule has 0 radical (unpaired) electrons. The summed E-state index contributed by atoms with van der Waals surface area (Å²) in [5.41, 5.74) is 2.33. The molecule has 2 rings (SSSR count). The number of carboxylic acid groups (broad SMARTS) is 2. The lowest BCUT2D eigenvalue weighted by atomic mass is 10.0. The fraction of sp³-hybridized carbons (Fsp3) is 0.400. The van der Waals surface area contributed by atoms with Crippen molar-refractivity contribution < 1.29 is 34.1 Å². The van der Waals surface area contributed by atoms with Crippen molar-refractivity contribution in [2.75, 3.05) is 13.2 Å². The van der Waals surface area contributed by atoms with Crippen molar-refractivity contribution in [3.8, 4) is 5.75 Å². The van der Waals surface area contributed by atoms with Crippen molar-refractivity contribution in [3.05, 3.63) is 53.5 Å². The average molecular weight is 393 g/mol. The van der Waals surface area contributed by atoms with E-state index in [4.69, 9.17) is 29.0 Å². The van der Waals surface area contributed by atoms with E-state index in [9.17, 15) is 5.11 Å². The van der Waals surface area contributed by atoms with Gasteiger partial charge in [0.1, 0.15) is 24.2 Å². The van der Waals surface area contributed by atoms with Crippen molar-refractivity contribution in [3.63, 3.8) is 0 Å². The number of carboxylic acids is 2. The third kappa shape index (κ3) is 8.70. The first-order valence-electron chi connectivity index (χ1n) is 8.81. The van der Waals surface area contributed by atoms with Crippen molar-refractivity contribution in [1.82, 2.24) is 5.32 Å². The summed E-state index contributed by atoms with van der Waals surface area (Å²) in [5, 5.41) is 28.0. The standard InChI is InChI=1S/C18H25NO3.C2H2O4/c1-13(2)17-7-6-14(3)9-18(17)22-12-15(20)10-19-11-16-5-4-8-21-16;3-1(4)2(5)6/h4-9,13,15,19-20H,10-12H2,1-3H3;(H,3,4)(H,5,6). The highest BCUT2D eigenvalue weighted by Crippen LogP contribution is 2.27. The van der Waals surface area contributed by atoms with E-state index in [1.807, 2.05) is 25.1 Å². The molecule has 1 aromatic heterocycles. The van der Waals surface area contributed by atoms with Gasteiger partial charge >= 0.3 is 11.9 Å². The number of aryl methyl sites for hydroxylation is 1. The van der Waals surface area contributed by atoms with Gasteiger partial charge < -0.3 is 29.8 Å². The van der Waals surface area contributed by atoms with Gasteiger partial charge in [-0.25, -0.2) is 9.59 Å². The number of hydrogen-bond acceptors (Lipinski definition) is 6. The Hall–Kier alpha value is -2.84. The Kier molecular flexibility index (Phi) is 9.76. The van der Waals surface area contributed by atoms with Crippen LogP contribution in [0, 0.1) is 6.92 Å². The van der Waals surface area contributed by atoms with Crippen LogP contribution in [0.25, 0.3) is 0 Å². The third-order valence-electron chi connectivity index (χ3n) is 3.66. The Morgan fingerprint density at radius 3 is 2.39 bits per heavy atom. The van der Waals surface area contributed by atoms with Crippen molar-refractivity contribution >= 4 is 11.9 Å². The second kappa shape index (κ2) is 11.8. The SMILES string of the molecule is Cc1ccc(C(C)C)c(OCC(O)CNCc2ccco2)c1.O=C(O)C(=O)O. The zero-order chi connectivity index (χ0) is 21.1. The minimum absolute atomic E-state index is 0.272. The van der Waals surface area contributed by atoms with Crippen molar-refractivity contribution in [2.24, 2.45) is 0 Å². The van der Waals surface area contributed by atoms with E-state index in [0.29, 0.717) is 19.0 Å². The quantitative estimate of drug-likeness (QED) is 0.503. The number of aliphatic hydroxyl groups excluding tert-OH is 1. The van der Waals surface area contributed by atoms with E-state index in [-0.39, 0.29) is 6.61 Å². The predicted molar refractivity (Wildman–Crippen MR) is 102 cm³/mol. The van der Waals surface area contributed by atoms with Gasteiger partial charge in [-0.2, -0.15) is 0 Å². The van der Waals surface area contributed by atoms with Crippen LogP contribution in [0.2, 0.25) is 0 Å². The molecule has 1 aromatic carbocycles. The van der Waals surface area contributed by atoms with Crippen LogP contribution >= 0.6 is 0 Å². The Bertz CT molecular complexity index is 729. The topological polar surface area (TPSA) is 129 Å². The molecular weight excluding hydrogens is 366 g/mol. The second-order valence-corrected chi connectivity index (χ2v) is 6.48. The Morgan fingerprint density at radius 2 is 1.86 bits per heavy atom. The normalized spacial score (nSPS) is 11.5. The fourth-order valence-corrected chi connectivity index (χ4v) is 2.26. The lowest BCUT2D eigenvalue weighted by Gasteiger charge is -2.17. The molecule has 1 unspecified atom stereocenters. The van der Waals surface area contributed by atoms with E-state index in [0.717, 1.165) is 17.1 Å². The van der Waals surface area contributed by atoms with Crippen LogP contribution in [0.1, 0.15) is 36.7 Å². The van der Waals surface area contributed by atoms with Crippen molar-refractivity contribution in [1.29, 1.82) is 0 Å². The molecule has 0 spiro atoms. The molecule has 0 saturated carbocycles. The molecule has 0 aliphatic heterocycles. The second-order valence-electron chi connectivity index (χ2n) is 6.48. The van der Waals surface area contributed by atoms with Gasteiger partial charge in [-0.15, -0.1) is 0 Å². The molecule has 0 fully saturated rings. The van der Waals surface area contributed by atoms with Gasteiger partial charge in [0.2, 0.25) is 0 Å². The molecule has 2 aromatic rings. The van der Waals surface area contributed by atoms with Gasteiger partial charge in [0, 0.05) is 6.54 Å². The van der Waals surface area contributed by atoms with Crippen LogP contribution in [0.15, 0.2) is 41.0 Å². The first-order valence-corrected chi connectivity index (χ1v) is 8.81. The number of aliphatic carboxylic acids is 2. The number of furan rings is 1. The van der Waals surface area contributed by atoms with Crippen LogP contribution in [-0.2, 0) is 16.1 Å². The van der Waals surface area contributed by atoms with Crippen LogP contribution in [0.4, 0.5) is 0 Å². The van der Waals surface area contributed by atoms with E-state index in [1.54, 1.807) is 6.26 Å². The zero-order valence-electron chi connectivity index (χ0n) is 16.2. The molecule has 0 bridgehead atoms. The number of ether oxygens (including phenoxy) is 1. The largest absolute Gasteiger partial charge is 0.491 e. The lowest BCUT2D eigenvalue weighted by Crippen LogP contribution is -2.31. The lowest BCUT2D eigenvalue weighted by molar-refractivity contribution is -0.159. The number of aliphatic hydroxyl groups is 1. The highest BCUT2D eigenvalue weighted by molar-refractivity contribution is 6.27.